The average molecular weight is 304 g/mol. The van der Waals surface area contributed by atoms with Gasteiger partial charge in [0.2, 0.25) is 10.0 Å². The third kappa shape index (κ3) is 2.35. The molecule has 0 bridgehead atoms. The van der Waals surface area contributed by atoms with E-state index >= 15 is 0 Å². The van der Waals surface area contributed by atoms with E-state index in [0.29, 0.717) is 12.1 Å². The van der Waals surface area contributed by atoms with E-state index < -0.39 is 15.9 Å². The number of carbonyl (C=O) groups is 1. The van der Waals surface area contributed by atoms with Gasteiger partial charge in [-0.25, -0.2) is 12.7 Å². The van der Waals surface area contributed by atoms with Gasteiger partial charge in [0, 0.05) is 19.3 Å². The first-order valence-electron chi connectivity index (χ1n) is 6.76. The summed E-state index contributed by atoms with van der Waals surface area (Å²) in [5, 5.41) is 0. The van der Waals surface area contributed by atoms with Crippen LogP contribution in [-0.2, 0) is 17.1 Å². The molecule has 2 heterocycles. The molecule has 110 valence electrons. The Morgan fingerprint density at radius 3 is 2.43 bits per heavy atom. The zero-order valence-corrected chi connectivity index (χ0v) is 12.5. The molecular formula is C15H16N2O3S. The zero-order valence-electron chi connectivity index (χ0n) is 11.7. The second kappa shape index (κ2) is 5.04. The van der Waals surface area contributed by atoms with Crippen molar-refractivity contribution >= 4 is 15.9 Å². The van der Waals surface area contributed by atoms with Gasteiger partial charge in [0.15, 0.2) is 0 Å². The fourth-order valence-corrected chi connectivity index (χ4v) is 4.09. The number of aromatic nitrogens is 1. The Hall–Kier alpha value is -2.08. The normalized spacial score (nSPS) is 17.1. The van der Waals surface area contributed by atoms with Crippen LogP contribution < -0.4 is 0 Å². The van der Waals surface area contributed by atoms with E-state index in [2.05, 4.69) is 0 Å². The molecule has 0 N–H and O–H groups in total. The van der Waals surface area contributed by atoms with Crippen molar-refractivity contribution in [1.29, 1.82) is 0 Å². The monoisotopic (exact) mass is 304 g/mol. The summed E-state index contributed by atoms with van der Waals surface area (Å²) in [5.74, 6) is -0.397. The number of sulfonamides is 1. The molecule has 1 aromatic carbocycles. The number of carbonyl (C=O) groups excluding carboxylic acids is 1. The maximum absolute atomic E-state index is 12.5. The predicted molar refractivity (Wildman–Crippen MR) is 80.3 cm³/mol. The summed E-state index contributed by atoms with van der Waals surface area (Å²) in [4.78, 5) is 12.5. The lowest BCUT2D eigenvalue weighted by atomic mass is 10.2. The molecule has 1 saturated heterocycles. The first-order chi connectivity index (χ1) is 10.0. The fraction of sp³-hybridized carbons (Fsp3) is 0.267. The van der Waals surface area contributed by atoms with E-state index in [1.54, 1.807) is 17.7 Å². The molecule has 1 aromatic heterocycles. The number of amides is 1. The number of nitrogens with zero attached hydrogens (tertiary/aromatic N) is 2. The van der Waals surface area contributed by atoms with Crippen molar-refractivity contribution in [3.8, 4) is 11.3 Å². The molecule has 0 spiro atoms. The molecule has 3 rings (SSSR count). The Bertz CT molecular complexity index is 779. The van der Waals surface area contributed by atoms with E-state index in [0.717, 1.165) is 15.6 Å². The lowest BCUT2D eigenvalue weighted by molar-refractivity contribution is 0.0861. The molecule has 2 aromatic rings. The van der Waals surface area contributed by atoms with Crippen molar-refractivity contribution in [2.45, 2.75) is 6.42 Å². The Balaban J connectivity index is 1.98. The molecule has 0 saturated carbocycles. The molecule has 1 aliphatic heterocycles. The molecule has 0 radical (unpaired) electrons. The van der Waals surface area contributed by atoms with Gasteiger partial charge in [-0.15, -0.1) is 0 Å². The highest BCUT2D eigenvalue weighted by Crippen LogP contribution is 2.24. The Labute approximate surface area is 123 Å². The van der Waals surface area contributed by atoms with Gasteiger partial charge in [0.1, 0.15) is 5.69 Å². The van der Waals surface area contributed by atoms with E-state index in [1.165, 1.54) is 0 Å². The molecular weight excluding hydrogens is 288 g/mol. The van der Waals surface area contributed by atoms with Crippen LogP contribution in [0.1, 0.15) is 16.9 Å². The largest absolute Gasteiger partial charge is 0.340 e. The van der Waals surface area contributed by atoms with Crippen molar-refractivity contribution in [3.63, 3.8) is 0 Å². The Morgan fingerprint density at radius 1 is 1.10 bits per heavy atom. The maximum Gasteiger partial charge on any atom is 0.283 e. The highest BCUT2D eigenvalue weighted by Gasteiger charge is 2.34. The highest BCUT2D eigenvalue weighted by molar-refractivity contribution is 7.89. The van der Waals surface area contributed by atoms with E-state index in [4.69, 9.17) is 0 Å². The fourth-order valence-electron chi connectivity index (χ4n) is 2.62. The van der Waals surface area contributed by atoms with Crippen LogP contribution in [0.4, 0.5) is 0 Å². The van der Waals surface area contributed by atoms with Crippen LogP contribution in [0.15, 0.2) is 42.5 Å². The van der Waals surface area contributed by atoms with Crippen LogP contribution in [0.2, 0.25) is 0 Å². The summed E-state index contributed by atoms with van der Waals surface area (Å²) in [6, 6.07) is 13.2. The molecule has 5 nitrogen and oxygen atoms in total. The third-order valence-electron chi connectivity index (χ3n) is 3.74. The molecule has 0 aliphatic carbocycles. The van der Waals surface area contributed by atoms with E-state index in [1.807, 2.05) is 36.4 Å². The smallest absolute Gasteiger partial charge is 0.283 e. The summed E-state index contributed by atoms with van der Waals surface area (Å²) in [7, 11) is -1.66. The van der Waals surface area contributed by atoms with Crippen LogP contribution in [-0.4, -0.2) is 35.5 Å². The first-order valence-corrected chi connectivity index (χ1v) is 8.37. The molecule has 21 heavy (non-hydrogen) atoms. The Morgan fingerprint density at radius 2 is 1.81 bits per heavy atom. The SMILES string of the molecule is Cn1c(C(=O)N2CCCS2(=O)=O)ccc1-c1ccccc1. The summed E-state index contributed by atoms with van der Waals surface area (Å²) >= 11 is 0. The number of hydrogen-bond donors (Lipinski definition) is 0. The van der Waals surface area contributed by atoms with Gasteiger partial charge in [0.25, 0.3) is 5.91 Å². The third-order valence-corrected chi connectivity index (χ3v) is 5.56. The maximum atomic E-state index is 12.5. The quantitative estimate of drug-likeness (QED) is 0.851. The molecule has 1 amide bonds. The van der Waals surface area contributed by atoms with Gasteiger partial charge >= 0.3 is 0 Å². The lowest BCUT2D eigenvalue weighted by Gasteiger charge is -2.15. The van der Waals surface area contributed by atoms with Gasteiger partial charge < -0.3 is 4.57 Å². The van der Waals surface area contributed by atoms with Crippen molar-refractivity contribution in [3.05, 3.63) is 48.2 Å². The average Bonchev–Trinajstić information content (AvgIpc) is 3.01. The van der Waals surface area contributed by atoms with Crippen molar-refractivity contribution in [2.75, 3.05) is 12.3 Å². The highest BCUT2D eigenvalue weighted by atomic mass is 32.2. The Kier molecular flexibility index (Phi) is 3.33. The predicted octanol–water partition coefficient (Wildman–Crippen LogP) is 1.87. The second-order valence-corrected chi connectivity index (χ2v) is 7.09. The van der Waals surface area contributed by atoms with Crippen LogP contribution in [0.5, 0.6) is 0 Å². The van der Waals surface area contributed by atoms with Crippen LogP contribution >= 0.6 is 0 Å². The van der Waals surface area contributed by atoms with E-state index in [9.17, 15) is 13.2 Å². The van der Waals surface area contributed by atoms with Gasteiger partial charge in [-0.3, -0.25) is 4.79 Å². The standard InChI is InChI=1S/C15H16N2O3S/c1-16-13(12-6-3-2-4-7-12)8-9-14(16)15(18)17-10-5-11-21(17,19)20/h2-4,6-9H,5,10-11H2,1H3. The summed E-state index contributed by atoms with van der Waals surface area (Å²) < 4.78 is 26.4. The number of hydrogen-bond acceptors (Lipinski definition) is 3. The molecule has 1 aliphatic rings. The molecule has 6 heteroatoms. The molecule has 0 unspecified atom stereocenters. The summed E-state index contributed by atoms with van der Waals surface area (Å²) in [5.41, 5.74) is 2.26. The topological polar surface area (TPSA) is 59.4 Å². The lowest BCUT2D eigenvalue weighted by Crippen LogP contribution is -2.33. The van der Waals surface area contributed by atoms with Gasteiger partial charge in [-0.2, -0.15) is 0 Å². The molecule has 0 atom stereocenters. The minimum atomic E-state index is -3.44. The minimum absolute atomic E-state index is 0.0503. The van der Waals surface area contributed by atoms with Crippen LogP contribution in [0, 0.1) is 0 Å². The summed E-state index contributed by atoms with van der Waals surface area (Å²) in [6.07, 6.45) is 0.504. The van der Waals surface area contributed by atoms with Crippen LogP contribution in [0.3, 0.4) is 0 Å². The van der Waals surface area contributed by atoms with Crippen molar-refractivity contribution in [1.82, 2.24) is 8.87 Å². The number of rotatable bonds is 2. The van der Waals surface area contributed by atoms with E-state index in [-0.39, 0.29) is 12.3 Å². The second-order valence-electron chi connectivity index (χ2n) is 5.08. The van der Waals surface area contributed by atoms with Gasteiger partial charge in [0.05, 0.1) is 5.75 Å². The summed E-state index contributed by atoms with van der Waals surface area (Å²) in [6.45, 7) is 0.271. The zero-order chi connectivity index (χ0) is 15.0. The van der Waals surface area contributed by atoms with Gasteiger partial charge in [-0.05, 0) is 24.1 Å². The molecule has 1 fully saturated rings. The van der Waals surface area contributed by atoms with Crippen molar-refractivity contribution in [2.24, 2.45) is 7.05 Å². The number of benzene rings is 1. The first kappa shape index (κ1) is 13.9. The minimum Gasteiger partial charge on any atom is -0.340 e. The van der Waals surface area contributed by atoms with Crippen LogP contribution in [0.25, 0.3) is 11.3 Å². The van der Waals surface area contributed by atoms with Gasteiger partial charge in [-0.1, -0.05) is 30.3 Å². The van der Waals surface area contributed by atoms with Crippen molar-refractivity contribution < 1.29 is 13.2 Å².